The van der Waals surface area contributed by atoms with Crippen molar-refractivity contribution in [1.29, 1.82) is 0 Å². The third-order valence-corrected chi connectivity index (χ3v) is 13.4. The molecule has 4 fully saturated rings. The molecule has 5 rings (SSSR count). The second kappa shape index (κ2) is 7.08. The van der Waals surface area contributed by atoms with Crippen molar-refractivity contribution in [1.82, 2.24) is 0 Å². The summed E-state index contributed by atoms with van der Waals surface area (Å²) in [5, 5.41) is 10.9. The fourth-order valence-electron chi connectivity index (χ4n) is 11.3. The number of fused-ring (bicyclic) bond motifs is 7. The Morgan fingerprint density at radius 1 is 0.882 bits per heavy atom. The molecular formula is C31H48O3. The van der Waals surface area contributed by atoms with Crippen LogP contribution in [0.5, 0.6) is 0 Å². The van der Waals surface area contributed by atoms with Crippen LogP contribution in [0.2, 0.25) is 0 Å². The molecule has 5 aliphatic carbocycles. The van der Waals surface area contributed by atoms with E-state index >= 15 is 0 Å². The van der Waals surface area contributed by atoms with E-state index in [-0.39, 0.29) is 44.9 Å². The molecule has 5 aliphatic rings. The van der Waals surface area contributed by atoms with Crippen molar-refractivity contribution in [2.75, 3.05) is 0 Å². The molecule has 190 valence electrons. The van der Waals surface area contributed by atoms with Gasteiger partial charge >= 0.3 is 0 Å². The average molecular weight is 469 g/mol. The maximum absolute atomic E-state index is 13.3. The summed E-state index contributed by atoms with van der Waals surface area (Å²) in [6.07, 6.45) is 9.85. The second-order valence-electron chi connectivity index (χ2n) is 15.0. The number of aliphatic hydroxyl groups is 1. The van der Waals surface area contributed by atoms with E-state index in [9.17, 15) is 14.7 Å². The lowest BCUT2D eigenvalue weighted by Crippen LogP contribution is -2.68. The van der Waals surface area contributed by atoms with Crippen LogP contribution >= 0.6 is 0 Å². The minimum absolute atomic E-state index is 0.0412. The molecule has 1 N–H and O–H groups in total. The third kappa shape index (κ3) is 2.59. The summed E-state index contributed by atoms with van der Waals surface area (Å²) in [7, 11) is 0. The molecule has 3 heteroatoms. The van der Waals surface area contributed by atoms with Crippen LogP contribution in [0.4, 0.5) is 0 Å². The number of hydrogen-bond donors (Lipinski definition) is 1. The van der Waals surface area contributed by atoms with Gasteiger partial charge in [0, 0.05) is 6.42 Å². The summed E-state index contributed by atoms with van der Waals surface area (Å²) >= 11 is 0. The number of aliphatic hydroxyl groups excluding tert-OH is 1. The summed E-state index contributed by atoms with van der Waals surface area (Å²) in [5.74, 6) is 1.56. The van der Waals surface area contributed by atoms with Gasteiger partial charge in [0.25, 0.3) is 0 Å². The van der Waals surface area contributed by atoms with E-state index in [1.807, 2.05) is 0 Å². The van der Waals surface area contributed by atoms with Crippen molar-refractivity contribution in [2.24, 2.45) is 50.2 Å². The first-order valence-corrected chi connectivity index (χ1v) is 14.1. The van der Waals surface area contributed by atoms with Crippen LogP contribution in [0.25, 0.3) is 0 Å². The highest BCUT2D eigenvalue weighted by molar-refractivity contribution is 6.04. The zero-order valence-corrected chi connectivity index (χ0v) is 23.0. The Labute approximate surface area is 207 Å². The minimum atomic E-state index is -0.563. The summed E-state index contributed by atoms with van der Waals surface area (Å²) < 4.78 is 0. The van der Waals surface area contributed by atoms with E-state index in [4.69, 9.17) is 0 Å². The van der Waals surface area contributed by atoms with Gasteiger partial charge in [0.05, 0.1) is 11.5 Å². The molecule has 0 heterocycles. The van der Waals surface area contributed by atoms with E-state index in [2.05, 4.69) is 55.4 Å². The lowest BCUT2D eigenvalue weighted by molar-refractivity contribution is -0.245. The normalized spacial score (nSPS) is 52.1. The van der Waals surface area contributed by atoms with Gasteiger partial charge in [-0.3, -0.25) is 4.79 Å². The highest BCUT2D eigenvalue weighted by atomic mass is 16.3. The Morgan fingerprint density at radius 2 is 1.53 bits per heavy atom. The third-order valence-electron chi connectivity index (χ3n) is 13.4. The van der Waals surface area contributed by atoms with Crippen molar-refractivity contribution in [3.63, 3.8) is 0 Å². The number of Topliss-reactive ketones (excluding diaryl/α,β-unsaturated/α-hetero) is 1. The molecule has 0 bridgehead atoms. The lowest BCUT2D eigenvalue weighted by atomic mass is 9.30. The quantitative estimate of drug-likeness (QED) is 0.448. The zero-order chi connectivity index (χ0) is 25.1. The highest BCUT2D eigenvalue weighted by Crippen LogP contribution is 2.79. The van der Waals surface area contributed by atoms with Gasteiger partial charge in [-0.05, 0) is 107 Å². The number of hydrogen-bond acceptors (Lipinski definition) is 3. The van der Waals surface area contributed by atoms with Crippen molar-refractivity contribution in [3.8, 4) is 0 Å². The van der Waals surface area contributed by atoms with Gasteiger partial charge in [-0.25, -0.2) is 0 Å². The molecule has 34 heavy (non-hydrogen) atoms. The monoisotopic (exact) mass is 468 g/mol. The van der Waals surface area contributed by atoms with Crippen molar-refractivity contribution < 1.29 is 14.7 Å². The lowest BCUT2D eigenvalue weighted by Gasteiger charge is -2.74. The molecule has 0 radical (unpaired) electrons. The highest BCUT2D eigenvalue weighted by Gasteiger charge is 2.73. The van der Waals surface area contributed by atoms with Crippen LogP contribution in [0.3, 0.4) is 0 Å². The maximum atomic E-state index is 13.3. The molecule has 1 unspecified atom stereocenters. The predicted molar refractivity (Wildman–Crippen MR) is 136 cm³/mol. The van der Waals surface area contributed by atoms with Crippen LogP contribution < -0.4 is 0 Å². The first-order chi connectivity index (χ1) is 15.6. The van der Waals surface area contributed by atoms with Gasteiger partial charge in [0.2, 0.25) is 0 Å². The van der Waals surface area contributed by atoms with Crippen molar-refractivity contribution in [2.45, 2.75) is 119 Å². The van der Waals surface area contributed by atoms with Gasteiger partial charge in [0.1, 0.15) is 6.29 Å². The van der Waals surface area contributed by atoms with Crippen LogP contribution in [0.1, 0.15) is 113 Å². The number of rotatable bonds is 2. The smallest absolute Gasteiger partial charge is 0.160 e. The Kier molecular flexibility index (Phi) is 5.15. The van der Waals surface area contributed by atoms with Gasteiger partial charge in [-0.1, -0.05) is 55.4 Å². The van der Waals surface area contributed by atoms with Crippen molar-refractivity contribution >= 4 is 12.1 Å². The molecule has 0 aromatic rings. The van der Waals surface area contributed by atoms with E-state index in [1.54, 1.807) is 0 Å². The molecule has 3 nitrogen and oxygen atoms in total. The molecule has 0 amide bonds. The number of ketones is 1. The first kappa shape index (κ1) is 24.7. The summed E-state index contributed by atoms with van der Waals surface area (Å²) in [6.45, 7) is 19.0. The van der Waals surface area contributed by atoms with Gasteiger partial charge < -0.3 is 9.90 Å². The Balaban J connectivity index is 1.66. The van der Waals surface area contributed by atoms with Crippen molar-refractivity contribution in [3.05, 3.63) is 11.1 Å². The van der Waals surface area contributed by atoms with Crippen LogP contribution in [0, 0.1) is 50.2 Å². The Hall–Kier alpha value is -0.960. The van der Waals surface area contributed by atoms with E-state index in [0.29, 0.717) is 18.3 Å². The van der Waals surface area contributed by atoms with Crippen LogP contribution in [-0.2, 0) is 9.59 Å². The number of allylic oxidation sites excluding steroid dienone is 2. The minimum Gasteiger partial charge on any atom is -0.393 e. The predicted octanol–water partition coefficient (Wildman–Crippen LogP) is 6.92. The summed E-state index contributed by atoms with van der Waals surface area (Å²) in [5.41, 5.74) is 1.98. The largest absolute Gasteiger partial charge is 0.393 e. The van der Waals surface area contributed by atoms with Crippen LogP contribution in [-0.4, -0.2) is 23.3 Å². The SMILES string of the molecule is CC(C)C1=C2[C@@](C=O)(CC[C@]3(C)[C@]2(C)CC[C@@H]2[C@@]4(C)CC[C@H](O)C(C)(C)C4CC[C@]23C)CC1=O. The molecule has 0 saturated heterocycles. The van der Waals surface area contributed by atoms with E-state index < -0.39 is 5.41 Å². The number of carbonyl (C=O) groups is 2. The standard InChI is InChI=1S/C31H48O3/c1-19(2)24-20(33)17-31(18-32)16-15-30(8)28(6)13-9-21-26(3,4)23(34)11-12-27(21,5)22(28)10-14-29(30,7)25(24)31/h18-19,21-23,34H,9-17H2,1-8H3/t21?,22-,23+,27+,28-,29-,30+,31+/m1/s1. The maximum Gasteiger partial charge on any atom is 0.160 e. The number of carbonyl (C=O) groups excluding carboxylic acids is 2. The van der Waals surface area contributed by atoms with Gasteiger partial charge in [0.15, 0.2) is 5.78 Å². The first-order valence-electron chi connectivity index (χ1n) is 14.1. The van der Waals surface area contributed by atoms with E-state index in [0.717, 1.165) is 44.0 Å². The fraction of sp³-hybridized carbons (Fsp3) is 0.871. The molecule has 8 atom stereocenters. The molecule has 4 saturated carbocycles. The second-order valence-corrected chi connectivity index (χ2v) is 15.0. The van der Waals surface area contributed by atoms with Gasteiger partial charge in [-0.2, -0.15) is 0 Å². The summed E-state index contributed by atoms with van der Waals surface area (Å²) in [6, 6.07) is 0. The number of aldehydes is 1. The Morgan fingerprint density at radius 3 is 2.15 bits per heavy atom. The van der Waals surface area contributed by atoms with E-state index in [1.165, 1.54) is 24.8 Å². The van der Waals surface area contributed by atoms with Gasteiger partial charge in [-0.15, -0.1) is 0 Å². The zero-order valence-electron chi connectivity index (χ0n) is 23.0. The topological polar surface area (TPSA) is 54.4 Å². The molecule has 0 aromatic carbocycles. The molecule has 0 spiro atoms. The molecular weight excluding hydrogens is 420 g/mol. The summed E-state index contributed by atoms with van der Waals surface area (Å²) in [4.78, 5) is 26.0. The fourth-order valence-corrected chi connectivity index (χ4v) is 11.3. The Bertz CT molecular complexity index is 960. The molecule has 0 aromatic heterocycles. The molecule has 0 aliphatic heterocycles. The van der Waals surface area contributed by atoms with Crippen LogP contribution in [0.15, 0.2) is 11.1 Å². The average Bonchev–Trinajstić information content (AvgIpc) is 3.07.